The van der Waals surface area contributed by atoms with Gasteiger partial charge < -0.3 is 5.32 Å². The fraction of sp³-hybridized carbons (Fsp3) is 0.0909. The van der Waals surface area contributed by atoms with Crippen molar-refractivity contribution in [1.82, 2.24) is 19.7 Å². The van der Waals surface area contributed by atoms with E-state index in [0.717, 1.165) is 22.6 Å². The topological polar surface area (TPSA) is 72.7 Å². The van der Waals surface area contributed by atoms with Crippen LogP contribution in [0.3, 0.4) is 0 Å². The van der Waals surface area contributed by atoms with E-state index < -0.39 is 0 Å². The zero-order valence-corrected chi connectivity index (χ0v) is 16.6. The van der Waals surface area contributed by atoms with Crippen LogP contribution < -0.4 is 5.32 Å². The third kappa shape index (κ3) is 4.52. The van der Waals surface area contributed by atoms with Crippen LogP contribution in [-0.4, -0.2) is 31.4 Å². The van der Waals surface area contributed by atoms with Gasteiger partial charge in [-0.05, 0) is 37.3 Å². The molecule has 2 aromatic heterocycles. The van der Waals surface area contributed by atoms with Crippen molar-refractivity contribution < 1.29 is 4.79 Å². The smallest absolute Gasteiger partial charge is 0.236 e. The van der Waals surface area contributed by atoms with Crippen LogP contribution in [-0.2, 0) is 4.79 Å². The molecule has 6 nitrogen and oxygen atoms in total. The number of thioether (sulfide) groups is 1. The monoisotopic (exact) mass is 401 g/mol. The Balaban J connectivity index is 1.61. The number of rotatable bonds is 6. The van der Waals surface area contributed by atoms with Crippen molar-refractivity contribution >= 4 is 23.5 Å². The Labute approximate surface area is 173 Å². The molecule has 1 amide bonds. The van der Waals surface area contributed by atoms with Crippen LogP contribution in [0.15, 0.2) is 84.1 Å². The summed E-state index contributed by atoms with van der Waals surface area (Å²) in [6.07, 6.45) is 1.64. The molecule has 2 heterocycles. The number of nitrogens with one attached hydrogen (secondary N) is 1. The van der Waals surface area contributed by atoms with Gasteiger partial charge in [-0.15, -0.1) is 10.2 Å². The first-order valence-electron chi connectivity index (χ1n) is 9.12. The summed E-state index contributed by atoms with van der Waals surface area (Å²) in [4.78, 5) is 16.4. The number of para-hydroxylation sites is 1. The number of pyridine rings is 1. The highest BCUT2D eigenvalue weighted by Gasteiger charge is 2.17. The molecule has 0 unspecified atom stereocenters. The highest BCUT2D eigenvalue weighted by Crippen LogP contribution is 2.28. The second kappa shape index (κ2) is 8.70. The molecule has 0 spiro atoms. The van der Waals surface area contributed by atoms with Crippen molar-refractivity contribution in [3.8, 4) is 17.1 Å². The van der Waals surface area contributed by atoms with Gasteiger partial charge in [0.05, 0.1) is 5.75 Å². The van der Waals surface area contributed by atoms with E-state index >= 15 is 0 Å². The Morgan fingerprint density at radius 2 is 1.83 bits per heavy atom. The molecular formula is C22H19N5OS. The predicted octanol–water partition coefficient (Wildman–Crippen LogP) is 4.37. The van der Waals surface area contributed by atoms with Crippen molar-refractivity contribution in [2.24, 2.45) is 0 Å². The second-order valence-corrected chi connectivity index (χ2v) is 7.34. The molecule has 2 aromatic carbocycles. The van der Waals surface area contributed by atoms with Crippen molar-refractivity contribution in [2.75, 3.05) is 11.1 Å². The summed E-state index contributed by atoms with van der Waals surface area (Å²) in [7, 11) is 0. The van der Waals surface area contributed by atoms with E-state index in [1.807, 2.05) is 66.1 Å². The SMILES string of the molecule is Cc1cccc(-c2nnc(SCC(=O)Nc3ccccn3)n2-c2ccccc2)c1. The van der Waals surface area contributed by atoms with Crippen LogP contribution in [0.4, 0.5) is 5.82 Å². The number of nitrogens with zero attached hydrogens (tertiary/aromatic N) is 4. The lowest BCUT2D eigenvalue weighted by molar-refractivity contribution is -0.113. The van der Waals surface area contributed by atoms with Gasteiger partial charge in [0.2, 0.25) is 5.91 Å². The molecule has 4 aromatic rings. The number of hydrogen-bond acceptors (Lipinski definition) is 5. The molecule has 0 aliphatic rings. The van der Waals surface area contributed by atoms with Crippen LogP contribution in [0.25, 0.3) is 17.1 Å². The Morgan fingerprint density at radius 1 is 1.00 bits per heavy atom. The van der Waals surface area contributed by atoms with Gasteiger partial charge in [0.15, 0.2) is 11.0 Å². The first kappa shape index (κ1) is 18.9. The number of anilines is 1. The average molecular weight is 401 g/mol. The van der Waals surface area contributed by atoms with Gasteiger partial charge in [0.25, 0.3) is 0 Å². The zero-order chi connectivity index (χ0) is 20.1. The summed E-state index contributed by atoms with van der Waals surface area (Å²) in [5, 5.41) is 12.2. The molecule has 0 fully saturated rings. The fourth-order valence-corrected chi connectivity index (χ4v) is 3.64. The van der Waals surface area contributed by atoms with E-state index in [-0.39, 0.29) is 11.7 Å². The Hall–Kier alpha value is -3.45. The van der Waals surface area contributed by atoms with Gasteiger partial charge in [0.1, 0.15) is 5.82 Å². The quantitative estimate of drug-likeness (QED) is 0.486. The Kier molecular flexibility index (Phi) is 5.67. The van der Waals surface area contributed by atoms with E-state index in [1.54, 1.807) is 18.3 Å². The second-order valence-electron chi connectivity index (χ2n) is 6.40. The molecule has 0 radical (unpaired) electrons. The van der Waals surface area contributed by atoms with Crippen LogP contribution >= 0.6 is 11.8 Å². The number of hydrogen-bond donors (Lipinski definition) is 1. The molecule has 0 saturated carbocycles. The van der Waals surface area contributed by atoms with E-state index in [9.17, 15) is 4.79 Å². The number of aryl methyl sites for hydroxylation is 1. The van der Waals surface area contributed by atoms with Crippen LogP contribution in [0.1, 0.15) is 5.56 Å². The van der Waals surface area contributed by atoms with Crippen molar-refractivity contribution in [3.05, 3.63) is 84.6 Å². The third-order valence-electron chi connectivity index (χ3n) is 4.19. The number of benzene rings is 2. The first-order chi connectivity index (χ1) is 14.2. The molecule has 144 valence electrons. The van der Waals surface area contributed by atoms with Gasteiger partial charge in [-0.25, -0.2) is 4.98 Å². The lowest BCUT2D eigenvalue weighted by atomic mass is 10.1. The van der Waals surface area contributed by atoms with Crippen LogP contribution in [0.5, 0.6) is 0 Å². The van der Waals surface area contributed by atoms with Crippen LogP contribution in [0.2, 0.25) is 0 Å². The van der Waals surface area contributed by atoms with Gasteiger partial charge in [-0.1, -0.05) is 59.8 Å². The van der Waals surface area contributed by atoms with Gasteiger partial charge in [-0.2, -0.15) is 0 Å². The highest BCUT2D eigenvalue weighted by atomic mass is 32.2. The summed E-state index contributed by atoms with van der Waals surface area (Å²) in [5.41, 5.74) is 3.07. The summed E-state index contributed by atoms with van der Waals surface area (Å²) in [6, 6.07) is 23.4. The molecule has 0 saturated heterocycles. The molecule has 4 rings (SSSR count). The zero-order valence-electron chi connectivity index (χ0n) is 15.8. The fourth-order valence-electron chi connectivity index (χ4n) is 2.89. The molecule has 29 heavy (non-hydrogen) atoms. The van der Waals surface area contributed by atoms with Gasteiger partial charge in [-0.3, -0.25) is 9.36 Å². The van der Waals surface area contributed by atoms with Crippen molar-refractivity contribution in [1.29, 1.82) is 0 Å². The maximum atomic E-state index is 12.3. The minimum Gasteiger partial charge on any atom is -0.310 e. The number of aromatic nitrogens is 4. The van der Waals surface area contributed by atoms with Crippen LogP contribution in [0, 0.1) is 6.92 Å². The molecule has 0 bridgehead atoms. The van der Waals surface area contributed by atoms with Gasteiger partial charge in [0, 0.05) is 17.4 Å². The van der Waals surface area contributed by atoms with Gasteiger partial charge >= 0.3 is 0 Å². The number of carbonyl (C=O) groups is 1. The molecule has 0 aliphatic heterocycles. The Bertz CT molecular complexity index is 1110. The average Bonchev–Trinajstić information content (AvgIpc) is 3.18. The molecular weight excluding hydrogens is 382 g/mol. The summed E-state index contributed by atoms with van der Waals surface area (Å²) >= 11 is 1.34. The normalized spacial score (nSPS) is 10.7. The maximum Gasteiger partial charge on any atom is 0.236 e. The van der Waals surface area contributed by atoms with Crippen molar-refractivity contribution in [3.63, 3.8) is 0 Å². The minimum absolute atomic E-state index is 0.145. The summed E-state index contributed by atoms with van der Waals surface area (Å²) in [5.74, 6) is 1.33. The third-order valence-corrected chi connectivity index (χ3v) is 5.12. The lowest BCUT2D eigenvalue weighted by Crippen LogP contribution is -2.15. The number of carbonyl (C=O) groups excluding carboxylic acids is 1. The van der Waals surface area contributed by atoms with E-state index in [2.05, 4.69) is 26.6 Å². The summed E-state index contributed by atoms with van der Waals surface area (Å²) < 4.78 is 1.98. The number of amides is 1. The lowest BCUT2D eigenvalue weighted by Gasteiger charge is -2.10. The Morgan fingerprint density at radius 3 is 2.59 bits per heavy atom. The molecule has 0 aliphatic carbocycles. The standard InChI is InChI=1S/C22H19N5OS/c1-16-8-7-9-17(14-16)21-25-26-22(27(21)18-10-3-2-4-11-18)29-15-20(28)24-19-12-5-6-13-23-19/h2-14H,15H2,1H3,(H,23,24,28). The van der Waals surface area contributed by atoms with Crippen molar-refractivity contribution in [2.45, 2.75) is 12.1 Å². The van der Waals surface area contributed by atoms with E-state index in [4.69, 9.17) is 0 Å². The minimum atomic E-state index is -0.145. The predicted molar refractivity (Wildman–Crippen MR) is 115 cm³/mol. The maximum absolute atomic E-state index is 12.3. The van der Waals surface area contributed by atoms with E-state index in [0.29, 0.717) is 11.0 Å². The molecule has 7 heteroatoms. The highest BCUT2D eigenvalue weighted by molar-refractivity contribution is 7.99. The summed E-state index contributed by atoms with van der Waals surface area (Å²) in [6.45, 7) is 2.05. The molecule has 0 atom stereocenters. The first-order valence-corrected chi connectivity index (χ1v) is 10.1. The largest absolute Gasteiger partial charge is 0.310 e. The van der Waals surface area contributed by atoms with E-state index in [1.165, 1.54) is 11.8 Å². The molecule has 1 N–H and O–H groups in total.